The van der Waals surface area contributed by atoms with Gasteiger partial charge in [0.25, 0.3) is 17.7 Å². The maximum atomic E-state index is 13.0. The third-order valence-electron chi connectivity index (χ3n) is 6.50. The van der Waals surface area contributed by atoms with Crippen LogP contribution in [0.4, 0.5) is 0 Å². The number of fused-ring (bicyclic) bond motifs is 1. The summed E-state index contributed by atoms with van der Waals surface area (Å²) in [5, 5.41) is 2.95. The Kier molecular flexibility index (Phi) is 7.80. The predicted molar refractivity (Wildman–Crippen MR) is 138 cm³/mol. The molecule has 3 aromatic rings. The van der Waals surface area contributed by atoms with E-state index in [0.717, 1.165) is 25.2 Å². The zero-order chi connectivity index (χ0) is 25.7. The molecule has 0 aromatic heterocycles. The molecular weight excluding hydrogens is 454 g/mol. The second-order valence-corrected chi connectivity index (χ2v) is 8.74. The topological polar surface area (TPSA) is 79.0 Å². The van der Waals surface area contributed by atoms with E-state index in [1.54, 1.807) is 42.5 Å². The van der Waals surface area contributed by atoms with Crippen LogP contribution in [-0.4, -0.2) is 47.7 Å². The molecule has 1 heterocycles. The highest BCUT2D eigenvalue weighted by Crippen LogP contribution is 2.26. The van der Waals surface area contributed by atoms with Crippen molar-refractivity contribution >= 4 is 17.7 Å². The molecule has 3 amide bonds. The Balaban J connectivity index is 1.43. The van der Waals surface area contributed by atoms with Gasteiger partial charge in [-0.05, 0) is 54.0 Å². The first-order chi connectivity index (χ1) is 17.4. The second kappa shape index (κ2) is 11.2. The first kappa shape index (κ1) is 25.1. The monoisotopic (exact) mass is 485 g/mol. The summed E-state index contributed by atoms with van der Waals surface area (Å²) >= 11 is 0. The van der Waals surface area contributed by atoms with E-state index in [4.69, 9.17) is 4.74 Å². The van der Waals surface area contributed by atoms with Crippen LogP contribution in [0.25, 0.3) is 0 Å². The van der Waals surface area contributed by atoms with Gasteiger partial charge < -0.3 is 10.1 Å². The van der Waals surface area contributed by atoms with E-state index in [0.29, 0.717) is 34.5 Å². The van der Waals surface area contributed by atoms with Crippen LogP contribution in [0.2, 0.25) is 0 Å². The summed E-state index contributed by atoms with van der Waals surface area (Å²) in [6, 6.07) is 20.1. The van der Waals surface area contributed by atoms with Gasteiger partial charge in [0.1, 0.15) is 5.75 Å². The number of benzene rings is 3. The molecule has 0 spiro atoms. The quantitative estimate of drug-likeness (QED) is 0.434. The van der Waals surface area contributed by atoms with Crippen LogP contribution in [0.3, 0.4) is 0 Å². The van der Waals surface area contributed by atoms with Crippen molar-refractivity contribution in [2.75, 3.05) is 20.2 Å². The van der Waals surface area contributed by atoms with Crippen molar-refractivity contribution in [2.24, 2.45) is 0 Å². The van der Waals surface area contributed by atoms with Gasteiger partial charge in [-0.15, -0.1) is 0 Å². The lowest BCUT2D eigenvalue weighted by molar-refractivity contribution is 0.0642. The normalized spacial score (nSPS) is 12.7. The molecule has 186 valence electrons. The van der Waals surface area contributed by atoms with Crippen LogP contribution >= 0.6 is 0 Å². The minimum Gasteiger partial charge on any atom is -0.496 e. The third kappa shape index (κ3) is 5.31. The van der Waals surface area contributed by atoms with E-state index < -0.39 is 0 Å². The second-order valence-electron chi connectivity index (χ2n) is 8.74. The van der Waals surface area contributed by atoms with Gasteiger partial charge in [0.15, 0.2) is 0 Å². The molecule has 4 rings (SSSR count). The van der Waals surface area contributed by atoms with E-state index in [1.165, 1.54) is 17.6 Å². The highest BCUT2D eigenvalue weighted by atomic mass is 16.5. The molecule has 7 nitrogen and oxygen atoms in total. The number of nitrogens with one attached hydrogen (secondary N) is 1. The predicted octanol–water partition coefficient (Wildman–Crippen LogP) is 4.26. The summed E-state index contributed by atoms with van der Waals surface area (Å²) in [7, 11) is 1.50. The molecule has 0 saturated heterocycles. The molecule has 1 N–H and O–H groups in total. The van der Waals surface area contributed by atoms with E-state index in [2.05, 4.69) is 36.2 Å². The number of amides is 3. The zero-order valence-electron chi connectivity index (χ0n) is 20.9. The summed E-state index contributed by atoms with van der Waals surface area (Å²) in [4.78, 5) is 42.0. The van der Waals surface area contributed by atoms with Gasteiger partial charge in [-0.1, -0.05) is 56.3 Å². The van der Waals surface area contributed by atoms with Gasteiger partial charge in [-0.25, -0.2) is 0 Å². The van der Waals surface area contributed by atoms with Crippen LogP contribution in [0.5, 0.6) is 5.75 Å². The van der Waals surface area contributed by atoms with E-state index in [9.17, 15) is 14.4 Å². The summed E-state index contributed by atoms with van der Waals surface area (Å²) in [5.41, 5.74) is 4.04. The summed E-state index contributed by atoms with van der Waals surface area (Å²) < 4.78 is 5.40. The standard InChI is InChI=1S/C29H31N3O4/c1-4-31(5-2)18-21-12-10-20(11-13-21)17-30-27(33)25-16-22(14-15-26(25)36-3)19-32-28(34)23-8-6-7-9-24(23)29(32)35/h6-16H,4-5,17-19H2,1-3H3,(H,30,33). The fraction of sp³-hybridized carbons (Fsp3) is 0.276. The van der Waals surface area contributed by atoms with E-state index >= 15 is 0 Å². The fourth-order valence-electron chi connectivity index (χ4n) is 4.34. The van der Waals surface area contributed by atoms with Crippen LogP contribution < -0.4 is 10.1 Å². The molecule has 0 bridgehead atoms. The van der Waals surface area contributed by atoms with Gasteiger partial charge in [0.05, 0.1) is 30.3 Å². The maximum Gasteiger partial charge on any atom is 0.261 e. The SMILES string of the molecule is CCN(CC)Cc1ccc(CNC(=O)c2cc(CN3C(=O)c4ccccc4C3=O)ccc2OC)cc1. The van der Waals surface area contributed by atoms with Crippen molar-refractivity contribution < 1.29 is 19.1 Å². The molecule has 0 atom stereocenters. The molecular formula is C29H31N3O4. The number of methoxy groups -OCH3 is 1. The number of rotatable bonds is 10. The highest BCUT2D eigenvalue weighted by molar-refractivity contribution is 6.21. The third-order valence-corrected chi connectivity index (χ3v) is 6.50. The maximum absolute atomic E-state index is 13.0. The zero-order valence-corrected chi connectivity index (χ0v) is 20.9. The Morgan fingerprint density at radius 2 is 1.44 bits per heavy atom. The largest absolute Gasteiger partial charge is 0.496 e. The number of nitrogens with zero attached hydrogens (tertiary/aromatic N) is 2. The van der Waals surface area contributed by atoms with Crippen LogP contribution in [0, 0.1) is 0 Å². The van der Waals surface area contributed by atoms with Crippen LogP contribution in [0.15, 0.2) is 66.7 Å². The molecule has 36 heavy (non-hydrogen) atoms. The van der Waals surface area contributed by atoms with Gasteiger partial charge in [0.2, 0.25) is 0 Å². The average molecular weight is 486 g/mol. The van der Waals surface area contributed by atoms with Gasteiger partial charge >= 0.3 is 0 Å². The van der Waals surface area contributed by atoms with Gasteiger partial charge in [0, 0.05) is 13.1 Å². The minimum atomic E-state index is -0.332. The first-order valence-corrected chi connectivity index (χ1v) is 12.2. The van der Waals surface area contributed by atoms with E-state index in [-0.39, 0.29) is 24.3 Å². The van der Waals surface area contributed by atoms with Crippen molar-refractivity contribution in [1.82, 2.24) is 15.1 Å². The molecule has 0 radical (unpaired) electrons. The van der Waals surface area contributed by atoms with Crippen molar-refractivity contribution in [3.63, 3.8) is 0 Å². The van der Waals surface area contributed by atoms with Crippen molar-refractivity contribution in [3.8, 4) is 5.75 Å². The lowest BCUT2D eigenvalue weighted by Gasteiger charge is -2.18. The molecule has 0 saturated carbocycles. The Bertz CT molecular complexity index is 1230. The molecule has 1 aliphatic heterocycles. The average Bonchev–Trinajstić information content (AvgIpc) is 3.15. The Morgan fingerprint density at radius 3 is 2.03 bits per heavy atom. The van der Waals surface area contributed by atoms with Crippen molar-refractivity contribution in [3.05, 3.63) is 100 Å². The fourth-order valence-corrected chi connectivity index (χ4v) is 4.34. The smallest absolute Gasteiger partial charge is 0.261 e. The van der Waals surface area contributed by atoms with Gasteiger partial charge in [-0.2, -0.15) is 0 Å². The number of carbonyl (C=O) groups is 3. The number of carbonyl (C=O) groups excluding carboxylic acids is 3. The van der Waals surface area contributed by atoms with Crippen LogP contribution in [-0.2, 0) is 19.6 Å². The lowest BCUT2D eigenvalue weighted by atomic mass is 10.1. The molecule has 0 aliphatic carbocycles. The first-order valence-electron chi connectivity index (χ1n) is 12.2. The summed E-state index contributed by atoms with van der Waals surface area (Å²) in [6.07, 6.45) is 0. The van der Waals surface area contributed by atoms with Crippen molar-refractivity contribution in [1.29, 1.82) is 0 Å². The highest BCUT2D eigenvalue weighted by Gasteiger charge is 2.35. The molecule has 7 heteroatoms. The Labute approximate surface area is 211 Å². The van der Waals surface area contributed by atoms with Crippen molar-refractivity contribution in [2.45, 2.75) is 33.5 Å². The van der Waals surface area contributed by atoms with Gasteiger partial charge in [-0.3, -0.25) is 24.2 Å². The molecule has 0 unspecified atom stereocenters. The lowest BCUT2D eigenvalue weighted by Crippen LogP contribution is -2.29. The summed E-state index contributed by atoms with van der Waals surface area (Å²) in [6.45, 7) is 7.65. The Morgan fingerprint density at radius 1 is 0.861 bits per heavy atom. The number of ether oxygens (including phenoxy) is 1. The Hall–Kier alpha value is -3.97. The number of hydrogen-bond acceptors (Lipinski definition) is 5. The summed E-state index contributed by atoms with van der Waals surface area (Å²) in [5.74, 6) is -0.528. The number of hydrogen-bond donors (Lipinski definition) is 1. The molecule has 3 aromatic carbocycles. The van der Waals surface area contributed by atoms with E-state index in [1.807, 2.05) is 12.1 Å². The molecule has 1 aliphatic rings. The van der Waals surface area contributed by atoms with Crippen LogP contribution in [0.1, 0.15) is 61.6 Å². The number of imide groups is 1. The minimum absolute atomic E-state index is 0.0740. The molecule has 0 fully saturated rings.